The summed E-state index contributed by atoms with van der Waals surface area (Å²) < 4.78 is 17.2. The third kappa shape index (κ3) is 11.1. The predicted molar refractivity (Wildman–Crippen MR) is 69.7 cm³/mol. The summed E-state index contributed by atoms with van der Waals surface area (Å²) >= 11 is 0. The van der Waals surface area contributed by atoms with Crippen molar-refractivity contribution in [2.75, 3.05) is 0 Å². The highest BCUT2D eigenvalue weighted by molar-refractivity contribution is 6.60. The van der Waals surface area contributed by atoms with Crippen molar-refractivity contribution in [3.8, 4) is 0 Å². The first-order chi connectivity index (χ1) is 5.41. The van der Waals surface area contributed by atoms with Gasteiger partial charge in [-0.25, -0.2) is 0 Å². The highest BCUT2D eigenvalue weighted by Gasteiger charge is 1.86. The summed E-state index contributed by atoms with van der Waals surface area (Å²) in [7, 11) is 1.98. The van der Waals surface area contributed by atoms with Crippen LogP contribution in [0.2, 0.25) is 0 Å². The Morgan fingerprint density at radius 1 is 0.636 bits per heavy atom. The van der Waals surface area contributed by atoms with Crippen molar-refractivity contribution in [2.45, 2.75) is 0 Å². The number of hydrogen-bond acceptors (Lipinski definition) is 5. The summed E-state index contributed by atoms with van der Waals surface area (Å²) in [5.74, 6) is 0. The molecule has 0 aliphatic carbocycles. The van der Waals surface area contributed by atoms with E-state index in [0.717, 1.165) is 20.8 Å². The van der Waals surface area contributed by atoms with E-state index in [9.17, 15) is 0 Å². The van der Waals surface area contributed by atoms with Gasteiger partial charge in [-0.1, -0.05) is 0 Å². The molecule has 0 aliphatic heterocycles. The lowest BCUT2D eigenvalue weighted by Crippen LogP contribution is -2.48. The van der Waals surface area contributed by atoms with E-state index in [1.54, 1.807) is 0 Å². The minimum atomic E-state index is -0.101. The van der Waals surface area contributed by atoms with E-state index in [1.165, 1.54) is 0 Å². The van der Waals surface area contributed by atoms with Crippen molar-refractivity contribution in [3.05, 3.63) is 0 Å². The van der Waals surface area contributed by atoms with Crippen LogP contribution in [0.15, 0.2) is 0 Å². The maximum Gasteiger partial charge on any atom is 0.155 e. The van der Waals surface area contributed by atoms with E-state index in [1.807, 2.05) is 0 Å². The number of hydrogen-bond donors (Lipinski definition) is 5. The third-order valence-electron chi connectivity index (χ3n) is 1.10. The number of rotatable bonds is 8. The molecule has 0 radical (unpaired) electrons. The van der Waals surface area contributed by atoms with Crippen molar-refractivity contribution in [2.24, 2.45) is 0 Å². The van der Waals surface area contributed by atoms with Crippen LogP contribution in [0.5, 0.6) is 0 Å². The summed E-state index contributed by atoms with van der Waals surface area (Å²) in [5.41, 5.74) is 0. The van der Waals surface area contributed by atoms with Crippen LogP contribution in [0.3, 0.4) is 0 Å². The smallest absolute Gasteiger partial charge is 0.155 e. The van der Waals surface area contributed by atoms with Crippen molar-refractivity contribution < 1.29 is 0 Å². The molecule has 5 N–H and O–H groups in total. The van der Waals surface area contributed by atoms with Gasteiger partial charge >= 0.3 is 0 Å². The second-order valence-electron chi connectivity index (χ2n) is 2.16. The van der Waals surface area contributed by atoms with Crippen LogP contribution in [0, 0.1) is 0 Å². The van der Waals surface area contributed by atoms with Crippen molar-refractivity contribution in [1.82, 2.24) is 23.2 Å². The fourth-order valence-electron chi connectivity index (χ4n) is 0.614. The van der Waals surface area contributed by atoms with Crippen LogP contribution >= 0.6 is 0 Å². The molecule has 0 atom stereocenters. The van der Waals surface area contributed by atoms with Gasteiger partial charge in [0, 0.05) is 0 Å². The lowest BCUT2D eigenvalue weighted by Gasteiger charge is -2.05. The lowest BCUT2D eigenvalue weighted by atomic mass is 13.7. The third-order valence-corrected chi connectivity index (χ3v) is 9.93. The summed E-state index contributed by atoms with van der Waals surface area (Å²) in [6, 6.07) is 0. The quantitative estimate of drug-likeness (QED) is 0.221. The summed E-state index contributed by atoms with van der Waals surface area (Å²) in [5, 5.41) is 0. The van der Waals surface area contributed by atoms with E-state index >= 15 is 0 Å². The zero-order valence-electron chi connectivity index (χ0n) is 7.33. The van der Waals surface area contributed by atoms with Gasteiger partial charge in [-0.3, -0.25) is 0 Å². The van der Waals surface area contributed by atoms with E-state index < -0.39 is 0 Å². The van der Waals surface area contributed by atoms with Crippen LogP contribution < -0.4 is 23.2 Å². The average molecular weight is 258 g/mol. The fourth-order valence-corrected chi connectivity index (χ4v) is 13.2. The molecule has 0 spiro atoms. The molecule has 0 aliphatic rings. The maximum atomic E-state index is 3.53. The minimum Gasteiger partial charge on any atom is -0.360 e. The summed E-state index contributed by atoms with van der Waals surface area (Å²) in [6.45, 7) is 0. The molecule has 0 aromatic carbocycles. The molecule has 0 heterocycles. The molecular formula is H19N5Si6. The highest BCUT2D eigenvalue weighted by Crippen LogP contribution is 1.40. The first-order valence-corrected chi connectivity index (χ1v) is 11.5. The van der Waals surface area contributed by atoms with Crippen LogP contribution in [-0.2, 0) is 0 Å². The molecule has 0 rings (SSSR count). The zero-order valence-corrected chi connectivity index (χ0v) is 17.0. The Morgan fingerprint density at radius 3 is 1.36 bits per heavy atom. The highest BCUT2D eigenvalue weighted by atomic mass is 28.4. The van der Waals surface area contributed by atoms with Crippen molar-refractivity contribution >= 4 is 60.2 Å². The van der Waals surface area contributed by atoms with Gasteiger partial charge < -0.3 is 23.2 Å². The molecule has 0 saturated carbocycles. The Hall–Kier alpha value is 1.10. The molecule has 0 fully saturated rings. The van der Waals surface area contributed by atoms with Gasteiger partial charge in [-0.15, -0.1) is 0 Å². The van der Waals surface area contributed by atoms with E-state index in [-0.39, 0.29) is 39.4 Å². The van der Waals surface area contributed by atoms with Gasteiger partial charge in [0.2, 0.25) is 0 Å². The monoisotopic (exact) mass is 257 g/mol. The normalized spacial score (nSPS) is 15.3. The Kier molecular flexibility index (Phi) is 12.2. The summed E-state index contributed by atoms with van der Waals surface area (Å²) in [4.78, 5) is 0. The largest absolute Gasteiger partial charge is 0.360 e. The predicted octanol–water partition coefficient (Wildman–Crippen LogP) is -8.51. The van der Waals surface area contributed by atoms with Gasteiger partial charge in [0.1, 0.15) is 0 Å². The standard InChI is InChI=1S/H19N5Si6/c6-1-8-3-10-5-11-4-9-2-7/h1-5H,8-11H2,6-7H3. The molecule has 0 bridgehead atoms. The van der Waals surface area contributed by atoms with E-state index in [4.69, 9.17) is 0 Å². The summed E-state index contributed by atoms with van der Waals surface area (Å²) in [6.07, 6.45) is 0. The first kappa shape index (κ1) is 12.1. The van der Waals surface area contributed by atoms with Crippen LogP contribution in [-0.4, -0.2) is 60.2 Å². The molecule has 0 aromatic rings. The molecule has 0 amide bonds. The Morgan fingerprint density at radius 2 is 1.00 bits per heavy atom. The Balaban J connectivity index is 2.69. The molecule has 0 saturated heterocycles. The second kappa shape index (κ2) is 11.1. The van der Waals surface area contributed by atoms with Crippen LogP contribution in [0.1, 0.15) is 0 Å². The van der Waals surface area contributed by atoms with E-state index in [2.05, 4.69) is 23.2 Å². The van der Waals surface area contributed by atoms with Crippen LogP contribution in [0.4, 0.5) is 0 Å². The van der Waals surface area contributed by atoms with Gasteiger partial charge in [-0.05, 0) is 0 Å². The zero-order chi connectivity index (χ0) is 8.36. The SMILES string of the molecule is [SiH3]N[SiH2]N[SiH2]N[SiH2]N[SiH2]N[SiH3]. The van der Waals surface area contributed by atoms with Gasteiger partial charge in [0.05, 0.1) is 20.8 Å². The first-order valence-electron chi connectivity index (χ1n) is 3.83. The topological polar surface area (TPSA) is 60.1 Å². The molecule has 11 heteroatoms. The molecule has 68 valence electrons. The molecule has 5 nitrogen and oxygen atoms in total. The van der Waals surface area contributed by atoms with Gasteiger partial charge in [0.25, 0.3) is 0 Å². The number of nitrogens with one attached hydrogen (secondary N) is 5. The van der Waals surface area contributed by atoms with Crippen molar-refractivity contribution in [1.29, 1.82) is 0 Å². The maximum absolute atomic E-state index is 3.53. The minimum absolute atomic E-state index is 0.0598. The molecule has 11 heavy (non-hydrogen) atoms. The van der Waals surface area contributed by atoms with Gasteiger partial charge in [-0.2, -0.15) is 0 Å². The van der Waals surface area contributed by atoms with Crippen LogP contribution in [0.25, 0.3) is 0 Å². The molecular weight excluding hydrogens is 239 g/mol. The Bertz CT molecular complexity index is 60.0. The van der Waals surface area contributed by atoms with Gasteiger partial charge in [0.15, 0.2) is 39.4 Å². The second-order valence-corrected chi connectivity index (χ2v) is 15.2. The fraction of sp³-hybridized carbons (Fsp3) is 0. The lowest BCUT2D eigenvalue weighted by molar-refractivity contribution is 1.33. The molecule has 0 aromatic heterocycles. The van der Waals surface area contributed by atoms with E-state index in [0.29, 0.717) is 0 Å². The Labute approximate surface area is 83.6 Å². The molecule has 0 unspecified atom stereocenters. The van der Waals surface area contributed by atoms with Crippen molar-refractivity contribution in [3.63, 3.8) is 0 Å². The average Bonchev–Trinajstić information content (AvgIpc) is 2.03.